The molecule has 0 bridgehead atoms. The number of hydrogen-bond donors (Lipinski definition) is 2. The van der Waals surface area contributed by atoms with Crippen molar-refractivity contribution in [2.45, 2.75) is 39.7 Å². The zero-order valence-corrected chi connectivity index (χ0v) is 15.6. The van der Waals surface area contributed by atoms with Gasteiger partial charge in [0.2, 0.25) is 0 Å². The smallest absolute Gasteiger partial charge is 0.149 e. The second kappa shape index (κ2) is 6.51. The second-order valence-corrected chi connectivity index (χ2v) is 7.35. The molecule has 3 heterocycles. The van der Waals surface area contributed by atoms with Crippen LogP contribution in [0.15, 0.2) is 30.6 Å². The molecular formula is C20H21N5OS. The van der Waals surface area contributed by atoms with Gasteiger partial charge in [-0.3, -0.25) is 0 Å². The maximum absolute atomic E-state index is 10.6. The highest BCUT2D eigenvalue weighted by Gasteiger charge is 2.17. The normalized spacial score (nSPS) is 16.3. The van der Waals surface area contributed by atoms with Crippen molar-refractivity contribution in [2.75, 3.05) is 5.32 Å². The topological polar surface area (TPSA) is 83.8 Å². The highest BCUT2D eigenvalue weighted by Crippen LogP contribution is 2.36. The van der Waals surface area contributed by atoms with Gasteiger partial charge >= 0.3 is 0 Å². The minimum atomic E-state index is -3.12. The van der Waals surface area contributed by atoms with Gasteiger partial charge in [0.05, 0.1) is 21.5 Å². The number of thiophene rings is 1. The van der Waals surface area contributed by atoms with Gasteiger partial charge < -0.3 is 10.4 Å². The van der Waals surface area contributed by atoms with Crippen LogP contribution in [0.25, 0.3) is 20.4 Å². The van der Waals surface area contributed by atoms with Crippen LogP contribution in [0.3, 0.4) is 0 Å². The lowest BCUT2D eigenvalue weighted by molar-refractivity contribution is 0.0786. The molecule has 6 nitrogen and oxygen atoms in total. The lowest BCUT2D eigenvalue weighted by atomic mass is 9.97. The van der Waals surface area contributed by atoms with Gasteiger partial charge in [0.15, 0.2) is 0 Å². The van der Waals surface area contributed by atoms with Gasteiger partial charge in [0, 0.05) is 20.2 Å². The van der Waals surface area contributed by atoms with Crippen LogP contribution in [0.2, 0.25) is 0 Å². The largest absolute Gasteiger partial charge is 0.386 e. The monoisotopic (exact) mass is 385 g/mol. The third kappa shape index (κ3) is 3.24. The summed E-state index contributed by atoms with van der Waals surface area (Å²) in [6.45, 7) is -2.02. The summed E-state index contributed by atoms with van der Waals surface area (Å²) in [5.74, 6) is 0.616. The first-order valence-electron chi connectivity index (χ1n) is 11.3. The standard InChI is InChI=1S/C20H21N5OS/c1-11-12(2)24-25-19-15(11)16-17(27-19)18(23-10-22-16)21-9-13-5-7-14(8-6-13)20(3,4)26/h5-8,10,26H,9H2,1-4H3,(H,21,22,23)/i3D3,4D3. The Hall–Kier alpha value is -2.64. The number of anilines is 1. The Bertz CT molecular complexity index is 1320. The molecule has 4 aromatic rings. The van der Waals surface area contributed by atoms with E-state index in [4.69, 9.17) is 8.22 Å². The minimum absolute atomic E-state index is 0.190. The molecule has 0 aliphatic carbocycles. The van der Waals surface area contributed by atoms with E-state index in [1.54, 1.807) is 12.1 Å². The number of aromatic nitrogens is 4. The Morgan fingerprint density at radius 2 is 1.93 bits per heavy atom. The Morgan fingerprint density at radius 1 is 1.15 bits per heavy atom. The van der Waals surface area contributed by atoms with Crippen molar-refractivity contribution < 1.29 is 13.3 Å². The molecule has 0 saturated heterocycles. The van der Waals surface area contributed by atoms with E-state index in [2.05, 4.69) is 25.5 Å². The van der Waals surface area contributed by atoms with Crippen LogP contribution in [0.5, 0.6) is 0 Å². The summed E-state index contributed by atoms with van der Waals surface area (Å²) >= 11 is 1.44. The first kappa shape index (κ1) is 11.9. The third-order valence-electron chi connectivity index (χ3n) is 4.49. The summed E-state index contributed by atoms with van der Waals surface area (Å²) in [5.41, 5.74) is 0.242. The van der Waals surface area contributed by atoms with Gasteiger partial charge in [-0.05, 0) is 44.2 Å². The molecular weight excluding hydrogens is 358 g/mol. The molecule has 0 amide bonds. The molecule has 2 N–H and O–H groups in total. The van der Waals surface area contributed by atoms with Crippen LogP contribution >= 0.6 is 11.3 Å². The second-order valence-electron chi connectivity index (χ2n) is 6.35. The van der Waals surface area contributed by atoms with Gasteiger partial charge in [-0.25, -0.2) is 9.97 Å². The van der Waals surface area contributed by atoms with Gasteiger partial charge in [-0.1, -0.05) is 24.3 Å². The van der Waals surface area contributed by atoms with Crippen LogP contribution in [0.4, 0.5) is 5.82 Å². The van der Waals surface area contributed by atoms with Crippen LogP contribution in [0, 0.1) is 13.8 Å². The molecule has 27 heavy (non-hydrogen) atoms. The summed E-state index contributed by atoms with van der Waals surface area (Å²) in [7, 11) is 0. The average Bonchev–Trinajstić information content (AvgIpc) is 3.13. The third-order valence-corrected chi connectivity index (χ3v) is 5.56. The molecule has 0 aliphatic heterocycles. The average molecular weight is 386 g/mol. The Labute approximate surface area is 169 Å². The van der Waals surface area contributed by atoms with E-state index >= 15 is 0 Å². The van der Waals surface area contributed by atoms with E-state index in [0.717, 1.165) is 37.3 Å². The fourth-order valence-corrected chi connectivity index (χ4v) is 3.96. The lowest BCUT2D eigenvalue weighted by Crippen LogP contribution is -2.15. The molecule has 4 rings (SSSR count). The van der Waals surface area contributed by atoms with Crippen molar-refractivity contribution in [2.24, 2.45) is 0 Å². The van der Waals surface area contributed by atoms with Gasteiger partial charge in [-0.15, -0.1) is 16.4 Å². The van der Waals surface area contributed by atoms with Crippen molar-refractivity contribution in [3.63, 3.8) is 0 Å². The summed E-state index contributed by atoms with van der Waals surface area (Å²) in [6.07, 6.45) is 1.47. The number of aliphatic hydroxyl groups is 1. The first-order chi connectivity index (χ1) is 15.3. The zero-order chi connectivity index (χ0) is 24.2. The molecule has 0 spiro atoms. The van der Waals surface area contributed by atoms with Crippen molar-refractivity contribution in [1.82, 2.24) is 20.2 Å². The molecule has 0 saturated carbocycles. The summed E-state index contributed by atoms with van der Waals surface area (Å²) in [4.78, 5) is 9.54. The molecule has 0 radical (unpaired) electrons. The van der Waals surface area contributed by atoms with Crippen molar-refractivity contribution in [3.05, 3.63) is 53.0 Å². The van der Waals surface area contributed by atoms with E-state index < -0.39 is 19.3 Å². The predicted octanol–water partition coefficient (Wildman–Crippen LogP) is 4.09. The van der Waals surface area contributed by atoms with Crippen LogP contribution in [-0.2, 0) is 12.1 Å². The number of aryl methyl sites for hydroxylation is 2. The summed E-state index contributed by atoms with van der Waals surface area (Å²) in [6, 6.07) is 5.80. The highest BCUT2D eigenvalue weighted by molar-refractivity contribution is 7.25. The molecule has 0 unspecified atom stereocenters. The quantitative estimate of drug-likeness (QED) is 0.550. The van der Waals surface area contributed by atoms with Crippen molar-refractivity contribution in [3.8, 4) is 0 Å². The fourth-order valence-electron chi connectivity index (χ4n) is 2.86. The minimum Gasteiger partial charge on any atom is -0.386 e. The number of nitrogens with zero attached hydrogens (tertiary/aromatic N) is 4. The van der Waals surface area contributed by atoms with Crippen LogP contribution in [0.1, 0.15) is 44.3 Å². The fraction of sp³-hybridized carbons (Fsp3) is 0.300. The van der Waals surface area contributed by atoms with E-state index in [0.29, 0.717) is 12.4 Å². The molecule has 7 heteroatoms. The Balaban J connectivity index is 1.62. The van der Waals surface area contributed by atoms with Crippen molar-refractivity contribution in [1.29, 1.82) is 0 Å². The predicted molar refractivity (Wildman–Crippen MR) is 109 cm³/mol. The molecule has 0 fully saturated rings. The number of hydrogen-bond acceptors (Lipinski definition) is 7. The van der Waals surface area contributed by atoms with Gasteiger partial charge in [0.1, 0.15) is 17.0 Å². The van der Waals surface area contributed by atoms with E-state index in [1.165, 1.54) is 29.8 Å². The number of fused-ring (bicyclic) bond motifs is 3. The van der Waals surface area contributed by atoms with E-state index in [9.17, 15) is 5.11 Å². The Morgan fingerprint density at radius 3 is 2.67 bits per heavy atom. The molecule has 3 aromatic heterocycles. The molecule has 0 atom stereocenters. The SMILES string of the molecule is [2H]C([2H])([2H])C(O)(c1ccc(CNc2ncnc3c2sc2nnc(C)c(C)c23)cc1)C([2H])([2H])[2H]. The van der Waals surface area contributed by atoms with Crippen LogP contribution < -0.4 is 5.32 Å². The van der Waals surface area contributed by atoms with Gasteiger partial charge in [-0.2, -0.15) is 5.10 Å². The maximum atomic E-state index is 10.6. The zero-order valence-electron chi connectivity index (χ0n) is 20.7. The lowest BCUT2D eigenvalue weighted by Gasteiger charge is -2.18. The van der Waals surface area contributed by atoms with Crippen LogP contribution in [-0.4, -0.2) is 25.3 Å². The summed E-state index contributed by atoms with van der Waals surface area (Å²) in [5, 5.41) is 23.3. The maximum Gasteiger partial charge on any atom is 0.149 e. The summed E-state index contributed by atoms with van der Waals surface area (Å²) < 4.78 is 46.2. The first-order valence-corrected chi connectivity index (χ1v) is 9.09. The number of nitrogens with one attached hydrogen (secondary N) is 1. The van der Waals surface area contributed by atoms with E-state index in [-0.39, 0.29) is 5.56 Å². The number of benzene rings is 1. The van der Waals surface area contributed by atoms with Gasteiger partial charge in [0.25, 0.3) is 0 Å². The van der Waals surface area contributed by atoms with Crippen molar-refractivity contribution >= 4 is 37.6 Å². The van der Waals surface area contributed by atoms with E-state index in [1.807, 2.05) is 13.8 Å². The number of rotatable bonds is 4. The molecule has 1 aromatic carbocycles. The highest BCUT2D eigenvalue weighted by atomic mass is 32.1. The molecule has 138 valence electrons. The Kier molecular flexibility index (Phi) is 2.88. The molecule has 0 aliphatic rings.